The van der Waals surface area contributed by atoms with Gasteiger partial charge in [0.1, 0.15) is 5.69 Å². The van der Waals surface area contributed by atoms with E-state index < -0.39 is 0 Å². The highest BCUT2D eigenvalue weighted by atomic mass is 15.0. The molecule has 0 aliphatic carbocycles. The maximum atomic E-state index is 5.97. The molecule has 0 unspecified atom stereocenters. The molecule has 0 saturated heterocycles. The van der Waals surface area contributed by atoms with Crippen molar-refractivity contribution in [1.82, 2.24) is 24.9 Å². The van der Waals surface area contributed by atoms with Crippen LogP contribution in [0, 0.1) is 0 Å². The average Bonchev–Trinajstić information content (AvgIpc) is 3.00. The zero-order valence-corrected chi connectivity index (χ0v) is 11.6. The predicted molar refractivity (Wildman–Crippen MR) is 84.8 cm³/mol. The normalized spacial score (nSPS) is 10.9. The smallest absolute Gasteiger partial charge is 0.161 e. The van der Waals surface area contributed by atoms with Gasteiger partial charge < -0.3 is 10.7 Å². The van der Waals surface area contributed by atoms with Crippen molar-refractivity contribution in [3.8, 4) is 22.8 Å². The first kappa shape index (κ1) is 12.5. The summed E-state index contributed by atoms with van der Waals surface area (Å²) in [6.45, 7) is 0. The molecular formula is C16H12N6. The Morgan fingerprint density at radius 2 is 1.82 bits per heavy atom. The Bertz CT molecular complexity index is 912. The summed E-state index contributed by atoms with van der Waals surface area (Å²) in [6, 6.07) is 11.7. The molecule has 0 bridgehead atoms. The fourth-order valence-corrected chi connectivity index (χ4v) is 2.29. The molecule has 0 atom stereocenters. The van der Waals surface area contributed by atoms with E-state index in [0.29, 0.717) is 17.3 Å². The Morgan fingerprint density at radius 3 is 2.64 bits per heavy atom. The molecule has 4 aromatic rings. The van der Waals surface area contributed by atoms with Gasteiger partial charge in [-0.25, -0.2) is 15.0 Å². The molecule has 0 saturated carbocycles. The van der Waals surface area contributed by atoms with Gasteiger partial charge in [0.15, 0.2) is 11.6 Å². The van der Waals surface area contributed by atoms with Crippen molar-refractivity contribution in [1.29, 1.82) is 0 Å². The molecule has 0 spiro atoms. The summed E-state index contributed by atoms with van der Waals surface area (Å²) in [6.07, 6.45) is 5.08. The minimum atomic E-state index is 0.340. The second-order valence-corrected chi connectivity index (χ2v) is 4.83. The van der Waals surface area contributed by atoms with Gasteiger partial charge in [0.25, 0.3) is 0 Å². The second-order valence-electron chi connectivity index (χ2n) is 4.83. The van der Waals surface area contributed by atoms with Crippen LogP contribution >= 0.6 is 0 Å². The van der Waals surface area contributed by atoms with E-state index in [1.807, 2.05) is 36.4 Å². The number of aromatic amines is 1. The molecule has 3 heterocycles. The number of fused-ring (bicyclic) bond motifs is 1. The molecule has 1 aromatic carbocycles. The van der Waals surface area contributed by atoms with Crippen molar-refractivity contribution in [2.24, 2.45) is 0 Å². The van der Waals surface area contributed by atoms with E-state index in [-0.39, 0.29) is 0 Å². The number of nitrogen functional groups attached to an aromatic ring is 1. The average molecular weight is 288 g/mol. The van der Waals surface area contributed by atoms with Crippen LogP contribution in [-0.4, -0.2) is 24.9 Å². The molecular weight excluding hydrogens is 276 g/mol. The Morgan fingerprint density at radius 1 is 0.955 bits per heavy atom. The first-order chi connectivity index (χ1) is 10.8. The summed E-state index contributed by atoms with van der Waals surface area (Å²) in [5, 5.41) is 0. The Labute approximate surface area is 126 Å². The topological polar surface area (TPSA) is 93.4 Å². The van der Waals surface area contributed by atoms with Crippen LogP contribution in [0.4, 0.5) is 5.82 Å². The lowest BCUT2D eigenvalue weighted by Gasteiger charge is -2.05. The van der Waals surface area contributed by atoms with Crippen LogP contribution in [0.3, 0.4) is 0 Å². The van der Waals surface area contributed by atoms with E-state index in [1.165, 1.54) is 0 Å². The number of anilines is 1. The largest absolute Gasteiger partial charge is 0.382 e. The summed E-state index contributed by atoms with van der Waals surface area (Å²) >= 11 is 0. The van der Waals surface area contributed by atoms with Crippen LogP contribution < -0.4 is 5.73 Å². The van der Waals surface area contributed by atoms with Gasteiger partial charge in [0.05, 0.1) is 29.1 Å². The van der Waals surface area contributed by atoms with Crippen molar-refractivity contribution in [3.63, 3.8) is 0 Å². The quantitative estimate of drug-likeness (QED) is 0.591. The highest BCUT2D eigenvalue weighted by Crippen LogP contribution is 2.25. The van der Waals surface area contributed by atoms with E-state index in [1.54, 1.807) is 18.6 Å². The number of nitrogens with zero attached hydrogens (tertiary/aromatic N) is 4. The van der Waals surface area contributed by atoms with Crippen molar-refractivity contribution in [2.45, 2.75) is 0 Å². The van der Waals surface area contributed by atoms with E-state index in [4.69, 9.17) is 5.73 Å². The minimum Gasteiger partial charge on any atom is -0.382 e. The maximum absolute atomic E-state index is 5.97. The lowest BCUT2D eigenvalue weighted by molar-refractivity contribution is 1.18. The number of nitrogens with two attached hydrogens (primary N) is 1. The Balaban J connectivity index is 1.87. The number of imidazole rings is 1. The fourth-order valence-electron chi connectivity index (χ4n) is 2.29. The molecule has 6 nitrogen and oxygen atoms in total. The maximum Gasteiger partial charge on any atom is 0.161 e. The molecule has 3 N–H and O–H groups in total. The van der Waals surface area contributed by atoms with Gasteiger partial charge >= 0.3 is 0 Å². The van der Waals surface area contributed by atoms with Crippen LogP contribution in [0.2, 0.25) is 0 Å². The number of nitrogens with one attached hydrogen (secondary N) is 1. The molecule has 0 aliphatic rings. The van der Waals surface area contributed by atoms with Gasteiger partial charge in [-0.1, -0.05) is 30.3 Å². The highest BCUT2D eigenvalue weighted by Gasteiger charge is 2.13. The monoisotopic (exact) mass is 288 g/mol. The van der Waals surface area contributed by atoms with Crippen LogP contribution in [0.15, 0.2) is 55.0 Å². The van der Waals surface area contributed by atoms with Gasteiger partial charge in [-0.3, -0.25) is 4.98 Å². The third kappa shape index (κ3) is 2.07. The summed E-state index contributed by atoms with van der Waals surface area (Å²) in [5.74, 6) is 0.928. The molecule has 3 aromatic heterocycles. The van der Waals surface area contributed by atoms with Gasteiger partial charge in [0.2, 0.25) is 0 Å². The van der Waals surface area contributed by atoms with Crippen LogP contribution in [0.5, 0.6) is 0 Å². The van der Waals surface area contributed by atoms with E-state index >= 15 is 0 Å². The lowest BCUT2D eigenvalue weighted by atomic mass is 10.1. The zero-order valence-electron chi connectivity index (χ0n) is 11.6. The van der Waals surface area contributed by atoms with Gasteiger partial charge in [-0.05, 0) is 6.07 Å². The molecule has 0 fully saturated rings. The summed E-state index contributed by atoms with van der Waals surface area (Å²) in [5.41, 5.74) is 9.90. The highest BCUT2D eigenvalue weighted by molar-refractivity contribution is 5.80. The van der Waals surface area contributed by atoms with Crippen molar-refractivity contribution in [2.75, 3.05) is 5.73 Å². The van der Waals surface area contributed by atoms with Crippen LogP contribution in [0.1, 0.15) is 0 Å². The SMILES string of the molecule is Nc1ncc(-c2ccccc2)nc1-c1nc2ccncc2[nH]1. The van der Waals surface area contributed by atoms with Crippen LogP contribution in [-0.2, 0) is 0 Å². The molecule has 0 radical (unpaired) electrons. The van der Waals surface area contributed by atoms with E-state index in [9.17, 15) is 0 Å². The minimum absolute atomic E-state index is 0.340. The molecule has 0 amide bonds. The van der Waals surface area contributed by atoms with Gasteiger partial charge in [-0.2, -0.15) is 0 Å². The van der Waals surface area contributed by atoms with Gasteiger partial charge in [-0.15, -0.1) is 0 Å². The molecule has 22 heavy (non-hydrogen) atoms. The third-order valence-corrected chi connectivity index (χ3v) is 3.38. The van der Waals surface area contributed by atoms with Gasteiger partial charge in [0, 0.05) is 11.8 Å². The van der Waals surface area contributed by atoms with Crippen LogP contribution in [0.25, 0.3) is 33.8 Å². The summed E-state index contributed by atoms with van der Waals surface area (Å²) in [4.78, 5) is 20.6. The van der Waals surface area contributed by atoms with E-state index in [2.05, 4.69) is 24.9 Å². The second kappa shape index (κ2) is 4.92. The number of benzene rings is 1. The Kier molecular flexibility index (Phi) is 2.79. The first-order valence-electron chi connectivity index (χ1n) is 6.79. The number of hydrogen-bond acceptors (Lipinski definition) is 5. The summed E-state index contributed by atoms with van der Waals surface area (Å²) in [7, 11) is 0. The Hall–Kier alpha value is -3.28. The third-order valence-electron chi connectivity index (χ3n) is 3.38. The van der Waals surface area contributed by atoms with Crippen molar-refractivity contribution < 1.29 is 0 Å². The van der Waals surface area contributed by atoms with E-state index in [0.717, 1.165) is 22.3 Å². The zero-order chi connectivity index (χ0) is 14.9. The number of hydrogen-bond donors (Lipinski definition) is 2. The fraction of sp³-hybridized carbons (Fsp3) is 0. The number of aromatic nitrogens is 5. The van der Waals surface area contributed by atoms with Crippen molar-refractivity contribution >= 4 is 16.9 Å². The number of rotatable bonds is 2. The predicted octanol–water partition coefficient (Wildman–Crippen LogP) is 2.66. The summed E-state index contributed by atoms with van der Waals surface area (Å²) < 4.78 is 0. The van der Waals surface area contributed by atoms with Crippen molar-refractivity contribution in [3.05, 3.63) is 55.0 Å². The standard InChI is InChI=1S/C16H12N6/c17-15-14(16-21-11-6-7-18-8-13(11)22-16)20-12(9-19-15)10-4-2-1-3-5-10/h1-9H,(H2,17,19)(H,21,22). The number of pyridine rings is 1. The lowest BCUT2D eigenvalue weighted by Crippen LogP contribution is -1.99. The number of H-pyrrole nitrogens is 1. The molecule has 4 rings (SSSR count). The molecule has 6 heteroatoms. The molecule has 106 valence electrons. The first-order valence-corrected chi connectivity index (χ1v) is 6.79. The molecule has 0 aliphatic heterocycles.